The van der Waals surface area contributed by atoms with E-state index >= 15 is 0 Å². The van der Waals surface area contributed by atoms with Crippen LogP contribution in [-0.4, -0.2) is 29.9 Å². The summed E-state index contributed by atoms with van der Waals surface area (Å²) >= 11 is 1.57. The number of amides is 1. The van der Waals surface area contributed by atoms with Gasteiger partial charge in [-0.15, -0.1) is 11.3 Å². The summed E-state index contributed by atoms with van der Waals surface area (Å²) < 4.78 is 5.71. The molecule has 0 aliphatic carbocycles. The Balaban J connectivity index is 1.70. The molecule has 1 amide bonds. The third-order valence-electron chi connectivity index (χ3n) is 3.87. The molecule has 0 saturated carbocycles. The minimum absolute atomic E-state index is 0.0967. The first-order valence-electron chi connectivity index (χ1n) is 8.46. The summed E-state index contributed by atoms with van der Waals surface area (Å²) in [5.74, 6) is 1.16. The first kappa shape index (κ1) is 18.4. The molecule has 0 aliphatic rings. The molecule has 0 saturated heterocycles. The van der Waals surface area contributed by atoms with Crippen LogP contribution in [0.25, 0.3) is 10.8 Å². The second kappa shape index (κ2) is 7.85. The average Bonchev–Trinajstić information content (AvgIpc) is 3.16. The molecule has 6 heteroatoms. The monoisotopic (exact) mass is 369 g/mol. The van der Waals surface area contributed by atoms with Crippen LogP contribution in [-0.2, 0) is 17.8 Å². The summed E-state index contributed by atoms with van der Waals surface area (Å²) in [6.45, 7) is 4.70. The first-order chi connectivity index (χ1) is 12.4. The zero-order valence-corrected chi connectivity index (χ0v) is 16.3. The molecule has 1 aromatic carbocycles. The Labute approximate surface area is 157 Å². The Morgan fingerprint density at radius 3 is 2.77 bits per heavy atom. The topological polar surface area (TPSA) is 58.4 Å². The van der Waals surface area contributed by atoms with Crippen molar-refractivity contribution in [3.8, 4) is 10.8 Å². The second-order valence-corrected chi connectivity index (χ2v) is 7.62. The second-order valence-electron chi connectivity index (χ2n) is 6.67. The van der Waals surface area contributed by atoms with Gasteiger partial charge in [-0.1, -0.05) is 12.1 Å². The third-order valence-corrected chi connectivity index (χ3v) is 4.73. The van der Waals surface area contributed by atoms with E-state index in [1.807, 2.05) is 57.6 Å². The molecule has 2 heterocycles. The minimum atomic E-state index is -0.0967. The number of thiophene rings is 1. The highest BCUT2D eigenvalue weighted by atomic mass is 32.1. The number of nitrogens with one attached hydrogen (secondary N) is 1. The van der Waals surface area contributed by atoms with E-state index in [9.17, 15) is 4.79 Å². The summed E-state index contributed by atoms with van der Waals surface area (Å²) in [5, 5.41) is 4.96. The van der Waals surface area contributed by atoms with E-state index in [1.165, 1.54) is 5.56 Å². The van der Waals surface area contributed by atoms with E-state index in [0.29, 0.717) is 17.3 Å². The predicted octanol–water partition coefficient (Wildman–Crippen LogP) is 4.26. The number of benzene rings is 1. The zero-order valence-electron chi connectivity index (χ0n) is 15.5. The highest BCUT2D eigenvalue weighted by Crippen LogP contribution is 2.26. The fraction of sp³-hybridized carbons (Fsp3) is 0.300. The van der Waals surface area contributed by atoms with E-state index in [-0.39, 0.29) is 12.3 Å². The van der Waals surface area contributed by atoms with Gasteiger partial charge in [0.05, 0.1) is 17.0 Å². The van der Waals surface area contributed by atoms with E-state index in [4.69, 9.17) is 4.42 Å². The molecule has 0 aliphatic heterocycles. The van der Waals surface area contributed by atoms with Gasteiger partial charge in [0.1, 0.15) is 5.76 Å². The summed E-state index contributed by atoms with van der Waals surface area (Å²) in [6.07, 6.45) is 0.192. The van der Waals surface area contributed by atoms with Gasteiger partial charge >= 0.3 is 0 Å². The van der Waals surface area contributed by atoms with Crippen LogP contribution >= 0.6 is 11.3 Å². The van der Waals surface area contributed by atoms with Gasteiger partial charge in [-0.3, -0.25) is 4.79 Å². The van der Waals surface area contributed by atoms with E-state index < -0.39 is 0 Å². The van der Waals surface area contributed by atoms with Gasteiger partial charge in [0.15, 0.2) is 0 Å². The van der Waals surface area contributed by atoms with Crippen molar-refractivity contribution < 1.29 is 9.21 Å². The number of rotatable bonds is 6. The highest BCUT2D eigenvalue weighted by Gasteiger charge is 2.15. The van der Waals surface area contributed by atoms with Gasteiger partial charge in [0, 0.05) is 12.2 Å². The number of anilines is 1. The number of hydrogen-bond donors (Lipinski definition) is 1. The standard InChI is InChI=1S/C20H23N3O2S/c1-13-8-15(12-23(3)4)10-16(9-13)21-19(24)11-17-14(2)25-20(22-17)18-6-5-7-26-18/h5-10H,11-12H2,1-4H3,(H,21,24). The number of carbonyl (C=O) groups excluding carboxylic acids is 1. The van der Waals surface area contributed by atoms with Crippen LogP contribution < -0.4 is 5.32 Å². The quantitative estimate of drug-likeness (QED) is 0.705. The van der Waals surface area contributed by atoms with Gasteiger partial charge in [0.2, 0.25) is 11.8 Å². The van der Waals surface area contributed by atoms with Crippen LogP contribution in [0.5, 0.6) is 0 Å². The van der Waals surface area contributed by atoms with Crippen molar-refractivity contribution in [2.75, 3.05) is 19.4 Å². The molecule has 26 heavy (non-hydrogen) atoms. The molecule has 3 rings (SSSR count). The van der Waals surface area contributed by atoms with Gasteiger partial charge in [-0.25, -0.2) is 4.98 Å². The number of carbonyl (C=O) groups is 1. The SMILES string of the molecule is Cc1cc(CN(C)C)cc(NC(=O)Cc2nc(-c3cccs3)oc2C)c1. The van der Waals surface area contributed by atoms with Crippen molar-refractivity contribution in [2.24, 2.45) is 0 Å². The van der Waals surface area contributed by atoms with Gasteiger partial charge in [0.25, 0.3) is 0 Å². The van der Waals surface area contributed by atoms with Crippen molar-refractivity contribution in [1.82, 2.24) is 9.88 Å². The fourth-order valence-corrected chi connectivity index (χ4v) is 3.50. The van der Waals surface area contributed by atoms with Crippen LogP contribution in [0.4, 0.5) is 5.69 Å². The first-order valence-corrected chi connectivity index (χ1v) is 9.34. The van der Waals surface area contributed by atoms with Crippen LogP contribution in [0.2, 0.25) is 0 Å². The number of hydrogen-bond acceptors (Lipinski definition) is 5. The van der Waals surface area contributed by atoms with E-state index in [0.717, 1.165) is 22.7 Å². The lowest BCUT2D eigenvalue weighted by Gasteiger charge is -2.13. The molecule has 1 N–H and O–H groups in total. The van der Waals surface area contributed by atoms with Gasteiger partial charge < -0.3 is 14.6 Å². The Bertz CT molecular complexity index is 898. The lowest BCUT2D eigenvalue weighted by molar-refractivity contribution is -0.115. The maximum atomic E-state index is 12.5. The molecular weight excluding hydrogens is 346 g/mol. The van der Waals surface area contributed by atoms with E-state index in [1.54, 1.807) is 11.3 Å². The summed E-state index contributed by atoms with van der Waals surface area (Å²) in [7, 11) is 4.05. The Morgan fingerprint density at radius 1 is 1.27 bits per heavy atom. The number of aryl methyl sites for hydroxylation is 2. The van der Waals surface area contributed by atoms with Gasteiger partial charge in [-0.05, 0) is 62.6 Å². The lowest BCUT2D eigenvalue weighted by Crippen LogP contribution is -2.16. The smallest absolute Gasteiger partial charge is 0.236 e. The van der Waals surface area contributed by atoms with Crippen molar-refractivity contribution in [3.05, 3.63) is 58.3 Å². The fourth-order valence-electron chi connectivity index (χ4n) is 2.85. The molecule has 2 aromatic heterocycles. The molecule has 136 valence electrons. The van der Waals surface area contributed by atoms with Crippen molar-refractivity contribution in [2.45, 2.75) is 26.8 Å². The molecule has 0 bridgehead atoms. The maximum Gasteiger partial charge on any atom is 0.236 e. The van der Waals surface area contributed by atoms with Crippen LogP contribution in [0.15, 0.2) is 40.1 Å². The molecule has 0 spiro atoms. The largest absolute Gasteiger partial charge is 0.440 e. The van der Waals surface area contributed by atoms with Crippen LogP contribution in [0.1, 0.15) is 22.6 Å². The molecule has 5 nitrogen and oxygen atoms in total. The van der Waals surface area contributed by atoms with Crippen LogP contribution in [0, 0.1) is 13.8 Å². The highest BCUT2D eigenvalue weighted by molar-refractivity contribution is 7.13. The van der Waals surface area contributed by atoms with Gasteiger partial charge in [-0.2, -0.15) is 0 Å². The minimum Gasteiger partial charge on any atom is -0.440 e. The molecular formula is C20H23N3O2S. The van der Waals surface area contributed by atoms with Crippen molar-refractivity contribution >= 4 is 22.9 Å². The normalized spacial score (nSPS) is 11.1. The number of nitrogens with zero attached hydrogens (tertiary/aromatic N) is 2. The Hall–Kier alpha value is -2.44. The molecule has 0 unspecified atom stereocenters. The van der Waals surface area contributed by atoms with Crippen molar-refractivity contribution in [3.63, 3.8) is 0 Å². The molecule has 3 aromatic rings. The number of oxazole rings is 1. The lowest BCUT2D eigenvalue weighted by atomic mass is 10.1. The maximum absolute atomic E-state index is 12.5. The summed E-state index contributed by atoms with van der Waals surface area (Å²) in [4.78, 5) is 20.0. The summed E-state index contributed by atoms with van der Waals surface area (Å²) in [5.41, 5.74) is 3.78. The molecule has 0 fully saturated rings. The molecule has 0 atom stereocenters. The summed E-state index contributed by atoms with van der Waals surface area (Å²) in [6, 6.07) is 10.0. The third kappa shape index (κ3) is 4.59. The number of aromatic nitrogens is 1. The van der Waals surface area contributed by atoms with Crippen molar-refractivity contribution in [1.29, 1.82) is 0 Å². The predicted molar refractivity (Wildman–Crippen MR) is 105 cm³/mol. The average molecular weight is 369 g/mol. The Morgan fingerprint density at radius 2 is 2.08 bits per heavy atom. The van der Waals surface area contributed by atoms with Crippen LogP contribution in [0.3, 0.4) is 0 Å². The van der Waals surface area contributed by atoms with E-state index in [2.05, 4.69) is 21.3 Å². The zero-order chi connectivity index (χ0) is 18.7. The Kier molecular flexibility index (Phi) is 5.54. The molecule has 0 radical (unpaired) electrons.